The molecule has 0 amide bonds. The molecule has 3 aliphatic rings. The molecule has 0 radical (unpaired) electrons. The third kappa shape index (κ3) is 4.29. The first-order valence-electron chi connectivity index (χ1n) is 10.4. The number of rotatable bonds is 6. The summed E-state index contributed by atoms with van der Waals surface area (Å²) in [6, 6.07) is 6.93. The molecule has 2 saturated heterocycles. The van der Waals surface area contributed by atoms with Crippen molar-refractivity contribution in [1.82, 2.24) is 4.90 Å². The summed E-state index contributed by atoms with van der Waals surface area (Å²) in [5, 5.41) is 0. The van der Waals surface area contributed by atoms with Crippen LogP contribution in [0.2, 0.25) is 0 Å². The lowest BCUT2D eigenvalue weighted by atomic mass is 9.73. The van der Waals surface area contributed by atoms with E-state index in [-0.39, 0.29) is 11.2 Å². The first-order chi connectivity index (χ1) is 12.7. The van der Waals surface area contributed by atoms with Gasteiger partial charge >= 0.3 is 0 Å². The van der Waals surface area contributed by atoms with Crippen LogP contribution < -0.4 is 0 Å². The predicted molar refractivity (Wildman–Crippen MR) is 100 cm³/mol. The molecule has 3 nitrogen and oxygen atoms in total. The third-order valence-corrected chi connectivity index (χ3v) is 6.60. The van der Waals surface area contributed by atoms with Crippen LogP contribution in [0.15, 0.2) is 24.3 Å². The largest absolute Gasteiger partial charge is 0.380 e. The van der Waals surface area contributed by atoms with Crippen LogP contribution >= 0.6 is 0 Å². The second-order valence-electron chi connectivity index (χ2n) is 8.62. The van der Waals surface area contributed by atoms with Gasteiger partial charge in [0.2, 0.25) is 0 Å². The van der Waals surface area contributed by atoms with Gasteiger partial charge in [0.05, 0.1) is 12.7 Å². The van der Waals surface area contributed by atoms with Crippen molar-refractivity contribution in [3.8, 4) is 0 Å². The second-order valence-corrected chi connectivity index (χ2v) is 8.62. The zero-order chi connectivity index (χ0) is 17.8. The molecule has 0 N–H and O–H groups in total. The van der Waals surface area contributed by atoms with Gasteiger partial charge in [0, 0.05) is 38.3 Å². The average Bonchev–Trinajstić information content (AvgIpc) is 3.17. The maximum absolute atomic E-state index is 13.2. The highest BCUT2D eigenvalue weighted by molar-refractivity contribution is 5.16. The molecular weight excluding hydrogens is 329 g/mol. The van der Waals surface area contributed by atoms with Crippen LogP contribution in [0.25, 0.3) is 0 Å². The maximum atomic E-state index is 13.2. The van der Waals surface area contributed by atoms with Gasteiger partial charge in [-0.25, -0.2) is 4.39 Å². The highest BCUT2D eigenvalue weighted by Gasteiger charge is 2.46. The molecule has 1 aromatic carbocycles. The van der Waals surface area contributed by atoms with Crippen molar-refractivity contribution >= 4 is 0 Å². The normalized spacial score (nSPS) is 30.4. The molecule has 0 aromatic heterocycles. The Kier molecular flexibility index (Phi) is 5.92. The summed E-state index contributed by atoms with van der Waals surface area (Å²) in [7, 11) is 0. The van der Waals surface area contributed by atoms with Crippen molar-refractivity contribution in [2.75, 3.05) is 32.9 Å². The predicted octanol–water partition coefficient (Wildman–Crippen LogP) is 4.40. The van der Waals surface area contributed by atoms with Crippen molar-refractivity contribution in [3.63, 3.8) is 0 Å². The number of fused-ring (bicyclic) bond motifs is 1. The van der Waals surface area contributed by atoms with Gasteiger partial charge in [-0.05, 0) is 55.7 Å². The van der Waals surface area contributed by atoms with E-state index in [1.54, 1.807) is 12.1 Å². The number of hydrogen-bond acceptors (Lipinski definition) is 3. The van der Waals surface area contributed by atoms with Gasteiger partial charge in [0.25, 0.3) is 0 Å². The zero-order valence-electron chi connectivity index (χ0n) is 15.8. The second kappa shape index (κ2) is 8.37. The van der Waals surface area contributed by atoms with Crippen LogP contribution in [0, 0.1) is 17.2 Å². The highest BCUT2D eigenvalue weighted by atomic mass is 19.1. The molecular formula is C22H32FNO2. The first-order valence-corrected chi connectivity index (χ1v) is 10.4. The highest BCUT2D eigenvalue weighted by Crippen LogP contribution is 2.41. The van der Waals surface area contributed by atoms with Crippen molar-refractivity contribution in [3.05, 3.63) is 35.6 Å². The Morgan fingerprint density at radius 3 is 2.73 bits per heavy atom. The van der Waals surface area contributed by atoms with Crippen molar-refractivity contribution < 1.29 is 13.9 Å². The Labute approximate surface area is 156 Å². The average molecular weight is 362 g/mol. The fraction of sp³-hybridized carbons (Fsp3) is 0.727. The Hall–Kier alpha value is -0.970. The summed E-state index contributed by atoms with van der Waals surface area (Å²) in [5.74, 6) is 0.609. The Morgan fingerprint density at radius 1 is 1.12 bits per heavy atom. The molecule has 3 fully saturated rings. The lowest BCUT2D eigenvalue weighted by Crippen LogP contribution is -2.56. The Bertz CT molecular complexity index is 572. The van der Waals surface area contributed by atoms with Gasteiger partial charge in [-0.1, -0.05) is 25.0 Å². The molecule has 1 saturated carbocycles. The molecule has 4 rings (SSSR count). The molecule has 1 aliphatic carbocycles. The summed E-state index contributed by atoms with van der Waals surface area (Å²) in [6.07, 6.45) is 9.16. The van der Waals surface area contributed by atoms with E-state index in [0.29, 0.717) is 6.10 Å². The molecule has 0 bridgehead atoms. The van der Waals surface area contributed by atoms with E-state index in [2.05, 4.69) is 4.90 Å². The minimum Gasteiger partial charge on any atom is -0.380 e. The smallest absolute Gasteiger partial charge is 0.123 e. The SMILES string of the molecule is Fc1ccc(CN2CC[C@H]3OCCC[C@]3(COCC3CCCC3)C2)cc1. The van der Waals surface area contributed by atoms with E-state index in [0.717, 1.165) is 58.2 Å². The van der Waals surface area contributed by atoms with E-state index in [9.17, 15) is 4.39 Å². The molecule has 1 aromatic rings. The summed E-state index contributed by atoms with van der Waals surface area (Å²) in [5.41, 5.74) is 1.32. The van der Waals surface area contributed by atoms with Crippen LogP contribution in [0.4, 0.5) is 4.39 Å². The summed E-state index contributed by atoms with van der Waals surface area (Å²) in [4.78, 5) is 2.51. The van der Waals surface area contributed by atoms with Crippen LogP contribution in [-0.4, -0.2) is 43.9 Å². The summed E-state index contributed by atoms with van der Waals surface area (Å²) >= 11 is 0. The lowest BCUT2D eigenvalue weighted by molar-refractivity contribution is -0.155. The number of benzene rings is 1. The van der Waals surface area contributed by atoms with E-state index < -0.39 is 0 Å². The van der Waals surface area contributed by atoms with Crippen molar-refractivity contribution in [1.29, 1.82) is 0 Å². The van der Waals surface area contributed by atoms with Crippen LogP contribution in [0.5, 0.6) is 0 Å². The molecule has 2 heterocycles. The topological polar surface area (TPSA) is 21.7 Å². The first kappa shape index (κ1) is 18.4. The molecule has 4 heteroatoms. The molecule has 0 spiro atoms. The third-order valence-electron chi connectivity index (χ3n) is 6.60. The van der Waals surface area contributed by atoms with Gasteiger partial charge in [0.15, 0.2) is 0 Å². The van der Waals surface area contributed by atoms with Gasteiger partial charge in [0.1, 0.15) is 5.82 Å². The minimum absolute atomic E-state index is 0.134. The number of piperidine rings is 1. The lowest BCUT2D eigenvalue weighted by Gasteiger charge is -2.50. The van der Waals surface area contributed by atoms with Crippen molar-refractivity contribution in [2.24, 2.45) is 11.3 Å². The molecule has 26 heavy (non-hydrogen) atoms. The van der Waals surface area contributed by atoms with Gasteiger partial charge in [-0.3, -0.25) is 4.90 Å². The Balaban J connectivity index is 1.38. The molecule has 2 atom stereocenters. The van der Waals surface area contributed by atoms with E-state index in [4.69, 9.17) is 9.47 Å². The fourth-order valence-electron chi connectivity index (χ4n) is 5.18. The maximum Gasteiger partial charge on any atom is 0.123 e. The monoisotopic (exact) mass is 361 g/mol. The summed E-state index contributed by atoms with van der Waals surface area (Å²) < 4.78 is 25.6. The summed E-state index contributed by atoms with van der Waals surface area (Å²) in [6.45, 7) is 5.61. The van der Waals surface area contributed by atoms with Crippen molar-refractivity contribution in [2.45, 2.75) is 57.6 Å². The van der Waals surface area contributed by atoms with Crippen LogP contribution in [-0.2, 0) is 16.0 Å². The molecule has 144 valence electrons. The van der Waals surface area contributed by atoms with Crippen LogP contribution in [0.3, 0.4) is 0 Å². The molecule has 2 aliphatic heterocycles. The van der Waals surface area contributed by atoms with Gasteiger partial charge in [-0.15, -0.1) is 0 Å². The van der Waals surface area contributed by atoms with Gasteiger partial charge < -0.3 is 9.47 Å². The molecule has 0 unspecified atom stereocenters. The fourth-order valence-corrected chi connectivity index (χ4v) is 5.18. The minimum atomic E-state index is -0.162. The number of halogens is 1. The Morgan fingerprint density at radius 2 is 1.92 bits per heavy atom. The van der Waals surface area contributed by atoms with E-state index in [1.807, 2.05) is 12.1 Å². The number of nitrogens with zero attached hydrogens (tertiary/aromatic N) is 1. The number of likely N-dealkylation sites (tertiary alicyclic amines) is 1. The number of ether oxygens (including phenoxy) is 2. The van der Waals surface area contributed by atoms with Crippen LogP contribution in [0.1, 0.15) is 50.5 Å². The van der Waals surface area contributed by atoms with E-state index >= 15 is 0 Å². The number of hydrogen-bond donors (Lipinski definition) is 0. The quantitative estimate of drug-likeness (QED) is 0.749. The standard InChI is InChI=1S/C22H32FNO2/c23-20-8-6-18(7-9-20)14-24-12-10-21-22(16-24,11-3-13-26-21)17-25-15-19-4-1-2-5-19/h6-9,19,21H,1-5,10-17H2/t21-,22-/m1/s1. The van der Waals surface area contributed by atoms with E-state index in [1.165, 1.54) is 37.7 Å². The van der Waals surface area contributed by atoms with Gasteiger partial charge in [-0.2, -0.15) is 0 Å². The zero-order valence-corrected chi connectivity index (χ0v) is 15.8.